The third-order valence-corrected chi connectivity index (χ3v) is 2.97. The van der Waals surface area contributed by atoms with Crippen molar-refractivity contribution in [3.63, 3.8) is 0 Å². The third kappa shape index (κ3) is 3.05. The first-order valence-electron chi connectivity index (χ1n) is 5.09. The van der Waals surface area contributed by atoms with Crippen LogP contribution in [0.2, 0.25) is 0 Å². The maximum atomic E-state index is 13.7. The zero-order chi connectivity index (χ0) is 13.1. The summed E-state index contributed by atoms with van der Waals surface area (Å²) in [6, 6.07) is 11.5. The molecule has 0 aliphatic rings. The molecule has 0 saturated carbocycles. The molecule has 2 aromatic carbocycles. The molecule has 0 spiro atoms. The Kier molecular flexibility index (Phi) is 3.93. The van der Waals surface area contributed by atoms with Crippen molar-refractivity contribution in [1.82, 2.24) is 0 Å². The maximum Gasteiger partial charge on any atom is 0.166 e. The van der Waals surface area contributed by atoms with E-state index in [2.05, 4.69) is 15.9 Å². The maximum absolute atomic E-state index is 13.7. The lowest BCUT2D eigenvalue weighted by Gasteiger charge is -2.08. The minimum absolute atomic E-state index is 0.133. The lowest BCUT2D eigenvalue weighted by atomic mass is 10.2. The number of rotatable bonds is 3. The molecule has 0 atom stereocenters. The molecule has 5 heteroatoms. The van der Waals surface area contributed by atoms with E-state index in [1.807, 2.05) is 6.07 Å². The van der Waals surface area contributed by atoms with Gasteiger partial charge in [0.15, 0.2) is 11.6 Å². The Labute approximate surface area is 118 Å². The second kappa shape index (κ2) is 5.46. The largest absolute Gasteiger partial charge is 0.454 e. The van der Waals surface area contributed by atoms with Crippen LogP contribution in [0.4, 0.5) is 4.39 Å². The van der Waals surface area contributed by atoms with Crippen LogP contribution in [0, 0.1) is 5.82 Å². The molecule has 92 valence electrons. The highest BCUT2D eigenvalue weighted by atomic mass is 79.9. The molecule has 0 aromatic heterocycles. The van der Waals surface area contributed by atoms with Crippen LogP contribution in [0.15, 0.2) is 46.9 Å². The fraction of sp³-hybridized carbons (Fsp3) is 0. The van der Waals surface area contributed by atoms with Gasteiger partial charge in [-0.25, -0.2) is 4.39 Å². The molecule has 2 N–H and O–H groups in total. The van der Waals surface area contributed by atoms with Gasteiger partial charge in [0.1, 0.15) is 10.7 Å². The first-order chi connectivity index (χ1) is 8.56. The Bertz CT molecular complexity index is 603. The molecule has 0 aliphatic heterocycles. The van der Waals surface area contributed by atoms with E-state index in [-0.39, 0.29) is 10.7 Å². The second-order valence-electron chi connectivity index (χ2n) is 3.57. The molecule has 0 bridgehead atoms. The number of thiocarbonyl (C=S) groups is 1. The van der Waals surface area contributed by atoms with Crippen molar-refractivity contribution in [2.45, 2.75) is 0 Å². The molecule has 0 fully saturated rings. The Hall–Kier alpha value is -1.46. The van der Waals surface area contributed by atoms with Gasteiger partial charge in [-0.1, -0.05) is 34.2 Å². The van der Waals surface area contributed by atoms with Gasteiger partial charge in [-0.05, 0) is 36.4 Å². The summed E-state index contributed by atoms with van der Waals surface area (Å²) in [6.07, 6.45) is 0. The minimum Gasteiger partial charge on any atom is -0.454 e. The monoisotopic (exact) mass is 325 g/mol. The molecule has 2 aromatic rings. The zero-order valence-electron chi connectivity index (χ0n) is 9.19. The summed E-state index contributed by atoms with van der Waals surface area (Å²) in [7, 11) is 0. The van der Waals surface area contributed by atoms with Crippen molar-refractivity contribution in [1.29, 1.82) is 0 Å². The number of hydrogen-bond acceptors (Lipinski definition) is 2. The Morgan fingerprint density at radius 3 is 2.61 bits per heavy atom. The van der Waals surface area contributed by atoms with E-state index in [0.717, 1.165) is 4.47 Å². The van der Waals surface area contributed by atoms with Gasteiger partial charge >= 0.3 is 0 Å². The Morgan fingerprint density at radius 2 is 2.00 bits per heavy atom. The third-order valence-electron chi connectivity index (χ3n) is 2.24. The quantitative estimate of drug-likeness (QED) is 0.866. The highest BCUT2D eigenvalue weighted by Gasteiger charge is 2.07. The van der Waals surface area contributed by atoms with Crippen molar-refractivity contribution in [3.8, 4) is 11.5 Å². The van der Waals surface area contributed by atoms with E-state index in [1.54, 1.807) is 24.3 Å². The Morgan fingerprint density at radius 1 is 1.22 bits per heavy atom. The van der Waals surface area contributed by atoms with E-state index in [1.165, 1.54) is 12.1 Å². The van der Waals surface area contributed by atoms with Gasteiger partial charge in [0.2, 0.25) is 0 Å². The van der Waals surface area contributed by atoms with Crippen molar-refractivity contribution in [2.24, 2.45) is 5.73 Å². The smallest absolute Gasteiger partial charge is 0.166 e. The molecule has 2 nitrogen and oxygen atoms in total. The summed E-state index contributed by atoms with van der Waals surface area (Å²) in [6.45, 7) is 0. The van der Waals surface area contributed by atoms with Gasteiger partial charge in [0, 0.05) is 10.0 Å². The average molecular weight is 326 g/mol. The summed E-state index contributed by atoms with van der Waals surface area (Å²) < 4.78 is 20.0. The minimum atomic E-state index is -0.500. The van der Waals surface area contributed by atoms with Crippen LogP contribution in [-0.2, 0) is 0 Å². The standard InChI is InChI=1S/C13H9BrFNOS/c14-9-2-1-3-10(7-9)17-12-5-4-8(13(16)18)6-11(12)15/h1-7H,(H2,16,18). The van der Waals surface area contributed by atoms with Crippen molar-refractivity contribution in [3.05, 3.63) is 58.3 Å². The van der Waals surface area contributed by atoms with Gasteiger partial charge in [-0.3, -0.25) is 0 Å². The molecular formula is C13H9BrFNOS. The fourth-order valence-corrected chi connectivity index (χ4v) is 1.90. The SMILES string of the molecule is NC(=S)c1ccc(Oc2cccc(Br)c2)c(F)c1. The Balaban J connectivity index is 2.27. The predicted molar refractivity (Wildman–Crippen MR) is 76.5 cm³/mol. The van der Waals surface area contributed by atoms with Crippen LogP contribution in [-0.4, -0.2) is 4.99 Å². The molecule has 18 heavy (non-hydrogen) atoms. The molecular weight excluding hydrogens is 317 g/mol. The highest BCUT2D eigenvalue weighted by Crippen LogP contribution is 2.27. The highest BCUT2D eigenvalue weighted by molar-refractivity contribution is 9.10. The summed E-state index contributed by atoms with van der Waals surface area (Å²) in [5.74, 6) is 0.180. The summed E-state index contributed by atoms with van der Waals surface area (Å²) >= 11 is 8.09. The van der Waals surface area contributed by atoms with Crippen LogP contribution in [0.5, 0.6) is 11.5 Å². The number of hydrogen-bond donors (Lipinski definition) is 1. The van der Waals surface area contributed by atoms with E-state index in [0.29, 0.717) is 11.3 Å². The summed E-state index contributed by atoms with van der Waals surface area (Å²) in [5, 5.41) is 0. The molecule has 0 saturated heterocycles. The fourth-order valence-electron chi connectivity index (χ4n) is 1.39. The van der Waals surface area contributed by atoms with Crippen LogP contribution in [0.3, 0.4) is 0 Å². The number of halogens is 2. The number of benzene rings is 2. The van der Waals surface area contributed by atoms with E-state index in [4.69, 9.17) is 22.7 Å². The zero-order valence-corrected chi connectivity index (χ0v) is 11.6. The molecule has 0 aliphatic carbocycles. The van der Waals surface area contributed by atoms with Crippen LogP contribution in [0.25, 0.3) is 0 Å². The van der Waals surface area contributed by atoms with Crippen molar-refractivity contribution >= 4 is 33.1 Å². The van der Waals surface area contributed by atoms with E-state index < -0.39 is 5.82 Å². The van der Waals surface area contributed by atoms with Gasteiger partial charge in [-0.15, -0.1) is 0 Å². The topological polar surface area (TPSA) is 35.2 Å². The van der Waals surface area contributed by atoms with Gasteiger partial charge < -0.3 is 10.5 Å². The summed E-state index contributed by atoms with van der Waals surface area (Å²) in [4.78, 5) is 0.155. The second-order valence-corrected chi connectivity index (χ2v) is 4.92. The predicted octanol–water partition coefficient (Wildman–Crippen LogP) is 4.01. The van der Waals surface area contributed by atoms with E-state index >= 15 is 0 Å². The molecule has 0 radical (unpaired) electrons. The molecule has 0 unspecified atom stereocenters. The van der Waals surface area contributed by atoms with Gasteiger partial charge in [0.05, 0.1) is 0 Å². The van der Waals surface area contributed by atoms with Crippen LogP contribution >= 0.6 is 28.1 Å². The molecule has 2 rings (SSSR count). The first-order valence-corrected chi connectivity index (χ1v) is 6.29. The van der Waals surface area contributed by atoms with Crippen molar-refractivity contribution in [2.75, 3.05) is 0 Å². The van der Waals surface area contributed by atoms with Crippen molar-refractivity contribution < 1.29 is 9.13 Å². The first kappa shape index (κ1) is 13.0. The normalized spacial score (nSPS) is 10.1. The lowest BCUT2D eigenvalue weighted by molar-refractivity contribution is 0.442. The average Bonchev–Trinajstić information content (AvgIpc) is 2.31. The van der Waals surface area contributed by atoms with E-state index in [9.17, 15) is 4.39 Å². The number of ether oxygens (including phenoxy) is 1. The lowest BCUT2D eigenvalue weighted by Crippen LogP contribution is -2.09. The summed E-state index contributed by atoms with van der Waals surface area (Å²) in [5.41, 5.74) is 5.90. The van der Waals surface area contributed by atoms with Crippen LogP contribution < -0.4 is 10.5 Å². The molecule has 0 amide bonds. The number of nitrogens with two attached hydrogens (primary N) is 1. The molecule has 0 heterocycles. The van der Waals surface area contributed by atoms with Gasteiger partial charge in [-0.2, -0.15) is 0 Å². The van der Waals surface area contributed by atoms with Gasteiger partial charge in [0.25, 0.3) is 0 Å². The van der Waals surface area contributed by atoms with Crippen LogP contribution in [0.1, 0.15) is 5.56 Å².